The largest absolute Gasteiger partial charge is 0.381 e. The molecule has 3 rings (SSSR count). The molecule has 0 amide bonds. The maximum Gasteiger partial charge on any atom is 0.238 e. The highest BCUT2D eigenvalue weighted by atomic mass is 32.2. The highest BCUT2D eigenvalue weighted by Gasteiger charge is 2.38. The molecule has 1 aliphatic heterocycles. The number of primary sulfonamides is 1. The Morgan fingerprint density at radius 1 is 1.35 bits per heavy atom. The molecular formula is C15H20N2O2S. The van der Waals surface area contributed by atoms with E-state index in [0.717, 1.165) is 17.7 Å². The van der Waals surface area contributed by atoms with Gasteiger partial charge in [0.05, 0.1) is 4.90 Å². The van der Waals surface area contributed by atoms with Gasteiger partial charge >= 0.3 is 0 Å². The van der Waals surface area contributed by atoms with Crippen molar-refractivity contribution in [3.8, 4) is 0 Å². The lowest BCUT2D eigenvalue weighted by Gasteiger charge is -2.39. The summed E-state index contributed by atoms with van der Waals surface area (Å²) in [6.07, 6.45) is 5.44. The second-order valence-corrected chi connectivity index (χ2v) is 7.62. The third kappa shape index (κ3) is 2.15. The first kappa shape index (κ1) is 13.6. The van der Waals surface area contributed by atoms with Crippen LogP contribution in [0.1, 0.15) is 31.7 Å². The molecule has 1 heterocycles. The normalized spacial score (nSPS) is 28.1. The van der Waals surface area contributed by atoms with Crippen LogP contribution in [0.25, 0.3) is 0 Å². The van der Waals surface area contributed by atoms with Gasteiger partial charge < -0.3 is 5.32 Å². The van der Waals surface area contributed by atoms with E-state index in [9.17, 15) is 8.42 Å². The standard InChI is InChI=1S/C15H20N2O2S/c1-9(2)15-12-5-3-4-11(12)13-8-10(20(16,18)19)6-7-14(13)17-15/h3-4,6-9,11-12,15,17H,5H2,1-2H3,(H2,16,18,19)/t11-,12-,15+/m1/s1. The fraction of sp³-hybridized carbons (Fsp3) is 0.467. The van der Waals surface area contributed by atoms with Crippen LogP contribution < -0.4 is 10.5 Å². The number of rotatable bonds is 2. The van der Waals surface area contributed by atoms with Crippen molar-refractivity contribution in [1.29, 1.82) is 0 Å². The first-order chi connectivity index (χ1) is 9.38. The molecule has 3 atom stereocenters. The molecule has 1 aromatic carbocycles. The zero-order valence-electron chi connectivity index (χ0n) is 11.7. The zero-order valence-corrected chi connectivity index (χ0v) is 12.5. The van der Waals surface area contributed by atoms with Crippen molar-refractivity contribution >= 4 is 15.7 Å². The maximum absolute atomic E-state index is 11.5. The average molecular weight is 292 g/mol. The average Bonchev–Trinajstić information content (AvgIpc) is 2.85. The van der Waals surface area contributed by atoms with Gasteiger partial charge in [-0.05, 0) is 42.0 Å². The maximum atomic E-state index is 11.5. The minimum absolute atomic E-state index is 0.195. The highest BCUT2D eigenvalue weighted by Crippen LogP contribution is 2.46. The second kappa shape index (κ2) is 4.60. The van der Waals surface area contributed by atoms with Crippen LogP contribution in [-0.2, 0) is 10.0 Å². The third-order valence-electron chi connectivity index (χ3n) is 4.43. The Kier molecular flexibility index (Phi) is 3.14. The van der Waals surface area contributed by atoms with Gasteiger partial charge in [0, 0.05) is 17.6 Å². The first-order valence-corrected chi connectivity index (χ1v) is 8.52. The summed E-state index contributed by atoms with van der Waals surface area (Å²) in [7, 11) is -3.65. The summed E-state index contributed by atoms with van der Waals surface area (Å²) >= 11 is 0. The molecule has 20 heavy (non-hydrogen) atoms. The van der Waals surface area contributed by atoms with Gasteiger partial charge in [-0.2, -0.15) is 0 Å². The van der Waals surface area contributed by atoms with E-state index in [1.807, 2.05) is 6.07 Å². The van der Waals surface area contributed by atoms with Crippen molar-refractivity contribution in [2.45, 2.75) is 37.1 Å². The van der Waals surface area contributed by atoms with Crippen LogP contribution in [0.4, 0.5) is 5.69 Å². The van der Waals surface area contributed by atoms with Crippen LogP contribution >= 0.6 is 0 Å². The molecule has 108 valence electrons. The van der Waals surface area contributed by atoms with Crippen LogP contribution in [0.2, 0.25) is 0 Å². The number of nitrogens with two attached hydrogens (primary N) is 1. The van der Waals surface area contributed by atoms with Crippen LogP contribution in [-0.4, -0.2) is 14.5 Å². The van der Waals surface area contributed by atoms with Crippen LogP contribution in [0, 0.1) is 11.8 Å². The van der Waals surface area contributed by atoms with E-state index in [0.29, 0.717) is 23.8 Å². The molecule has 4 nitrogen and oxygen atoms in total. The molecule has 0 saturated carbocycles. The Hall–Kier alpha value is -1.33. The zero-order chi connectivity index (χ0) is 14.5. The van der Waals surface area contributed by atoms with Crippen molar-refractivity contribution < 1.29 is 8.42 Å². The van der Waals surface area contributed by atoms with Crippen LogP contribution in [0.3, 0.4) is 0 Å². The summed E-state index contributed by atoms with van der Waals surface area (Å²) in [4.78, 5) is 0.195. The van der Waals surface area contributed by atoms with Gasteiger partial charge in [-0.25, -0.2) is 13.6 Å². The van der Waals surface area contributed by atoms with Gasteiger partial charge in [-0.1, -0.05) is 26.0 Å². The molecule has 0 spiro atoms. The van der Waals surface area contributed by atoms with E-state index in [4.69, 9.17) is 5.14 Å². The lowest BCUT2D eigenvalue weighted by molar-refractivity contribution is 0.342. The van der Waals surface area contributed by atoms with Crippen molar-refractivity contribution in [1.82, 2.24) is 0 Å². The lowest BCUT2D eigenvalue weighted by atomic mass is 9.76. The molecule has 0 radical (unpaired) electrons. The molecule has 0 aromatic heterocycles. The Morgan fingerprint density at radius 3 is 2.75 bits per heavy atom. The minimum atomic E-state index is -3.65. The molecule has 1 aliphatic carbocycles. The van der Waals surface area contributed by atoms with E-state index < -0.39 is 10.0 Å². The summed E-state index contributed by atoms with van der Waals surface area (Å²) in [6, 6.07) is 5.56. The number of sulfonamides is 1. The van der Waals surface area contributed by atoms with Gasteiger partial charge in [-0.15, -0.1) is 0 Å². The van der Waals surface area contributed by atoms with E-state index in [1.165, 1.54) is 0 Å². The number of hydrogen-bond acceptors (Lipinski definition) is 3. The quantitative estimate of drug-likeness (QED) is 0.822. The van der Waals surface area contributed by atoms with Crippen molar-refractivity contribution in [3.63, 3.8) is 0 Å². The summed E-state index contributed by atoms with van der Waals surface area (Å²) in [6.45, 7) is 4.44. The van der Waals surface area contributed by atoms with Crippen molar-refractivity contribution in [3.05, 3.63) is 35.9 Å². The minimum Gasteiger partial charge on any atom is -0.381 e. The monoisotopic (exact) mass is 292 g/mol. The topological polar surface area (TPSA) is 72.2 Å². The first-order valence-electron chi connectivity index (χ1n) is 6.98. The lowest BCUT2D eigenvalue weighted by Crippen LogP contribution is -2.39. The number of nitrogens with one attached hydrogen (secondary N) is 1. The molecule has 2 aliphatic rings. The number of allylic oxidation sites excluding steroid dienone is 2. The van der Waals surface area contributed by atoms with Crippen LogP contribution in [0.15, 0.2) is 35.2 Å². The molecule has 0 bridgehead atoms. The fourth-order valence-corrected chi connectivity index (χ4v) is 4.00. The Balaban J connectivity index is 2.09. The number of anilines is 1. The number of benzene rings is 1. The Morgan fingerprint density at radius 2 is 2.10 bits per heavy atom. The van der Waals surface area contributed by atoms with Gasteiger partial charge in [0.2, 0.25) is 10.0 Å². The molecule has 3 N–H and O–H groups in total. The summed E-state index contributed by atoms with van der Waals surface area (Å²) in [5, 5.41) is 8.81. The van der Waals surface area contributed by atoms with Crippen molar-refractivity contribution in [2.24, 2.45) is 17.0 Å². The molecule has 0 unspecified atom stereocenters. The van der Waals surface area contributed by atoms with Gasteiger partial charge in [0.1, 0.15) is 0 Å². The Labute approximate surface area is 120 Å². The van der Waals surface area contributed by atoms with Gasteiger partial charge in [-0.3, -0.25) is 0 Å². The fourth-order valence-electron chi connectivity index (χ4n) is 3.45. The van der Waals surface area contributed by atoms with E-state index in [-0.39, 0.29) is 4.90 Å². The summed E-state index contributed by atoms with van der Waals surface area (Å²) in [5.74, 6) is 1.33. The third-order valence-corrected chi connectivity index (χ3v) is 5.34. The molecule has 0 fully saturated rings. The van der Waals surface area contributed by atoms with Crippen LogP contribution in [0.5, 0.6) is 0 Å². The smallest absolute Gasteiger partial charge is 0.238 e. The van der Waals surface area contributed by atoms with Crippen molar-refractivity contribution in [2.75, 3.05) is 5.32 Å². The molecule has 1 aromatic rings. The second-order valence-electron chi connectivity index (χ2n) is 6.06. The summed E-state index contributed by atoms with van der Waals surface area (Å²) in [5.41, 5.74) is 2.08. The van der Waals surface area contributed by atoms with E-state index in [2.05, 4.69) is 31.3 Å². The van der Waals surface area contributed by atoms with Gasteiger partial charge in [0.25, 0.3) is 0 Å². The predicted molar refractivity (Wildman–Crippen MR) is 80.1 cm³/mol. The Bertz CT molecular complexity index is 664. The molecule has 5 heteroatoms. The molecule has 0 saturated heterocycles. The van der Waals surface area contributed by atoms with E-state index >= 15 is 0 Å². The summed E-state index contributed by atoms with van der Waals surface area (Å²) < 4.78 is 23.0. The predicted octanol–water partition coefficient (Wildman–Crippen LogP) is 2.44. The highest BCUT2D eigenvalue weighted by molar-refractivity contribution is 7.89. The van der Waals surface area contributed by atoms with Gasteiger partial charge in [0.15, 0.2) is 0 Å². The number of fused-ring (bicyclic) bond motifs is 3. The number of hydrogen-bond donors (Lipinski definition) is 2. The molecular weight excluding hydrogens is 272 g/mol. The van der Waals surface area contributed by atoms with E-state index in [1.54, 1.807) is 12.1 Å². The SMILES string of the molecule is CC(C)[C@@H]1Nc2ccc(S(N)(=O)=O)cc2[C@@H]2C=CC[C@H]21.